The standard InChI is InChI=1S/C36H61N5O24/c1-11-22(49)14(48)6-19(57-11)62-32-27(54)23(50)15(7-42)59-36(32)64-30-18(10-45)61-34(21(26(30)53)40-13(3)47)65-31-24(51)16(8-43)58-35(28(31)55)63-29-17(9-44)60-33(56-5-4-38-41-37)20(25(29)52)39-12(2)46/h11,14-36,42-45,48-55H,4-10H2,1-3H3,(H,39,46)(H,40,47)/t11-,14?,15?,16?,17?,18?,19?,20?,21?,22+,23-,24-,25+,26+,27-,28?,29+,30+,31-,32?,33+,34-,35-,36-/m0/s1. The van der Waals surface area contributed by atoms with E-state index in [0.29, 0.717) is 0 Å². The van der Waals surface area contributed by atoms with Crippen molar-refractivity contribution < 1.29 is 118 Å². The van der Waals surface area contributed by atoms with E-state index in [0.717, 1.165) is 13.8 Å². The van der Waals surface area contributed by atoms with Crippen LogP contribution in [0.25, 0.3) is 10.4 Å². The fraction of sp³-hybridized carbons (Fsp3) is 0.944. The summed E-state index contributed by atoms with van der Waals surface area (Å²) in [7, 11) is 0. The summed E-state index contributed by atoms with van der Waals surface area (Å²) < 4.78 is 58.0. The zero-order valence-electron chi connectivity index (χ0n) is 35.4. The Kier molecular flexibility index (Phi) is 19.8. The molecule has 0 aliphatic carbocycles. The number of aliphatic hydroxyl groups is 12. The first-order chi connectivity index (χ1) is 30.9. The number of hydrogen-bond donors (Lipinski definition) is 14. The van der Waals surface area contributed by atoms with Gasteiger partial charge in [0.05, 0.1) is 45.2 Å². The largest absolute Gasteiger partial charge is 0.394 e. The molecule has 5 heterocycles. The minimum Gasteiger partial charge on any atom is -0.394 e. The van der Waals surface area contributed by atoms with E-state index in [1.54, 1.807) is 0 Å². The van der Waals surface area contributed by atoms with E-state index >= 15 is 0 Å². The minimum atomic E-state index is -2.09. The van der Waals surface area contributed by atoms with E-state index in [1.165, 1.54) is 6.92 Å². The van der Waals surface area contributed by atoms with E-state index in [1.807, 2.05) is 0 Å². The summed E-state index contributed by atoms with van der Waals surface area (Å²) in [4.78, 5) is 27.3. The second kappa shape index (κ2) is 24.1. The average Bonchev–Trinajstić information content (AvgIpc) is 3.26. The third kappa shape index (κ3) is 12.5. The van der Waals surface area contributed by atoms with Gasteiger partial charge >= 0.3 is 0 Å². The number of amides is 2. The van der Waals surface area contributed by atoms with E-state index < -0.39 is 186 Å². The number of carbonyl (C=O) groups excluding carboxylic acids is 2. The number of rotatable bonds is 18. The molecule has 0 spiro atoms. The molecule has 0 saturated carbocycles. The Hall–Kier alpha value is -2.63. The maximum atomic E-state index is 12.6. The van der Waals surface area contributed by atoms with Crippen molar-refractivity contribution in [3.05, 3.63) is 10.4 Å². The molecule has 0 aromatic heterocycles. The van der Waals surface area contributed by atoms with Crippen molar-refractivity contribution in [1.29, 1.82) is 0 Å². The summed E-state index contributed by atoms with van der Waals surface area (Å²) >= 11 is 0. The smallest absolute Gasteiger partial charge is 0.217 e. The molecule has 5 rings (SSSR count). The van der Waals surface area contributed by atoms with Gasteiger partial charge in [0.2, 0.25) is 11.8 Å². The maximum Gasteiger partial charge on any atom is 0.217 e. The molecular formula is C36H61N5O24. The van der Waals surface area contributed by atoms with Crippen molar-refractivity contribution in [3.8, 4) is 0 Å². The van der Waals surface area contributed by atoms with Crippen LogP contribution in [-0.4, -0.2) is 260 Å². The highest BCUT2D eigenvalue weighted by Gasteiger charge is 2.56. The first kappa shape index (κ1) is 53.3. The van der Waals surface area contributed by atoms with E-state index in [-0.39, 0.29) is 19.6 Å². The first-order valence-electron chi connectivity index (χ1n) is 20.8. The molecule has 0 bridgehead atoms. The molecule has 5 fully saturated rings. The molecule has 5 saturated heterocycles. The van der Waals surface area contributed by atoms with Crippen LogP contribution in [0.5, 0.6) is 0 Å². The molecule has 2 amide bonds. The summed E-state index contributed by atoms with van der Waals surface area (Å²) in [6.45, 7) is -0.349. The molecular weight excluding hydrogens is 886 g/mol. The van der Waals surface area contributed by atoms with Gasteiger partial charge in [0.1, 0.15) is 104 Å². The molecule has 0 aromatic carbocycles. The Morgan fingerprint density at radius 1 is 0.585 bits per heavy atom. The van der Waals surface area contributed by atoms with Crippen LogP contribution in [0, 0.1) is 0 Å². The quantitative estimate of drug-likeness (QED) is 0.0263. The van der Waals surface area contributed by atoms with Gasteiger partial charge in [0.15, 0.2) is 31.5 Å². The maximum absolute atomic E-state index is 12.6. The van der Waals surface area contributed by atoms with Gasteiger partial charge in [-0.2, -0.15) is 0 Å². The number of aliphatic hydroxyl groups excluding tert-OH is 12. The third-order valence-corrected chi connectivity index (χ3v) is 11.5. The van der Waals surface area contributed by atoms with Crippen LogP contribution in [0.3, 0.4) is 0 Å². The molecule has 24 atom stereocenters. The summed E-state index contributed by atoms with van der Waals surface area (Å²) in [5.74, 6) is -1.44. The Morgan fingerprint density at radius 3 is 1.62 bits per heavy atom. The van der Waals surface area contributed by atoms with E-state index in [9.17, 15) is 70.9 Å². The molecule has 14 N–H and O–H groups in total. The molecule has 0 aromatic rings. The summed E-state index contributed by atoms with van der Waals surface area (Å²) in [6.07, 6.45) is -36.7. The number of carbonyl (C=O) groups is 2. The van der Waals surface area contributed by atoms with Crippen LogP contribution in [0.4, 0.5) is 0 Å². The second-order valence-electron chi connectivity index (χ2n) is 16.1. The lowest BCUT2D eigenvalue weighted by molar-refractivity contribution is -0.385. The third-order valence-electron chi connectivity index (χ3n) is 11.5. The topological polar surface area (TPSA) is 442 Å². The van der Waals surface area contributed by atoms with Gasteiger partial charge in [-0.1, -0.05) is 5.11 Å². The van der Waals surface area contributed by atoms with Gasteiger partial charge in [0.25, 0.3) is 0 Å². The number of azide groups is 1. The number of ether oxygens (including phenoxy) is 10. The van der Waals surface area contributed by atoms with Crippen LogP contribution in [-0.2, 0) is 57.0 Å². The van der Waals surface area contributed by atoms with Crippen molar-refractivity contribution in [1.82, 2.24) is 10.6 Å². The van der Waals surface area contributed by atoms with Gasteiger partial charge in [-0.3, -0.25) is 9.59 Å². The summed E-state index contributed by atoms with van der Waals surface area (Å²) in [5, 5.41) is 138. The highest BCUT2D eigenvalue weighted by Crippen LogP contribution is 2.36. The van der Waals surface area contributed by atoms with Crippen LogP contribution in [0.15, 0.2) is 5.11 Å². The molecule has 5 aliphatic rings. The van der Waals surface area contributed by atoms with Crippen molar-refractivity contribution >= 4 is 11.8 Å². The Morgan fingerprint density at radius 2 is 1.08 bits per heavy atom. The number of nitrogens with zero attached hydrogens (tertiary/aromatic N) is 3. The van der Waals surface area contributed by atoms with Gasteiger partial charge in [-0.05, 0) is 12.5 Å². The lowest BCUT2D eigenvalue weighted by Gasteiger charge is -2.50. The summed E-state index contributed by atoms with van der Waals surface area (Å²) in [5.41, 5.74) is 8.58. The summed E-state index contributed by atoms with van der Waals surface area (Å²) in [6, 6.07) is -3.07. The molecule has 0 radical (unpaired) electrons. The van der Waals surface area contributed by atoms with Crippen molar-refractivity contribution in [2.45, 2.75) is 174 Å². The normalized spacial score (nSPS) is 45.9. The fourth-order valence-corrected chi connectivity index (χ4v) is 8.15. The molecule has 29 nitrogen and oxygen atoms in total. The van der Waals surface area contributed by atoms with Crippen molar-refractivity contribution in [3.63, 3.8) is 0 Å². The molecule has 65 heavy (non-hydrogen) atoms. The van der Waals surface area contributed by atoms with Crippen LogP contribution >= 0.6 is 0 Å². The van der Waals surface area contributed by atoms with Crippen LogP contribution < -0.4 is 10.6 Å². The van der Waals surface area contributed by atoms with Crippen LogP contribution in [0.1, 0.15) is 27.2 Å². The number of nitrogens with one attached hydrogen (secondary N) is 2. The highest BCUT2D eigenvalue weighted by atomic mass is 16.8. The zero-order chi connectivity index (χ0) is 47.9. The second-order valence-corrected chi connectivity index (χ2v) is 16.1. The average molecular weight is 948 g/mol. The van der Waals surface area contributed by atoms with Gasteiger partial charge in [-0.15, -0.1) is 0 Å². The van der Waals surface area contributed by atoms with Crippen molar-refractivity contribution in [2.75, 3.05) is 39.6 Å². The monoisotopic (exact) mass is 947 g/mol. The minimum absolute atomic E-state index is 0.158. The SMILES string of the molecule is CC(=O)NC1[C@H](O[C@@H]2C(O)[C@H](O[C@@H]3C(CO)O[C@@H](OCCN=[N+]=[N-])C(NC(C)=O)[C@H]3O)OC(CO)[C@@H]2O)OC(CO)[C@@H](O[C@@H]2OC(CO)[C@H](O)[C@H](O)C2OC2CC(O)[C@H](O)[C@H](C)O2)[C@@H]1O. The Balaban J connectivity index is 1.37. The zero-order valence-corrected chi connectivity index (χ0v) is 35.4. The van der Waals surface area contributed by atoms with E-state index in [4.69, 9.17) is 52.9 Å². The predicted octanol–water partition coefficient (Wildman–Crippen LogP) is -8.25. The molecule has 5 aliphatic heterocycles. The molecule has 29 heteroatoms. The van der Waals surface area contributed by atoms with Gasteiger partial charge in [0, 0.05) is 31.7 Å². The molecule has 10 unspecified atom stereocenters. The Labute approximate surface area is 370 Å². The lowest BCUT2D eigenvalue weighted by atomic mass is 9.94. The Bertz CT molecular complexity index is 1560. The van der Waals surface area contributed by atoms with Crippen LogP contribution in [0.2, 0.25) is 0 Å². The number of hydrogen-bond acceptors (Lipinski definition) is 25. The lowest BCUT2D eigenvalue weighted by Crippen LogP contribution is -2.70. The fourth-order valence-electron chi connectivity index (χ4n) is 8.15. The van der Waals surface area contributed by atoms with Gasteiger partial charge in [-0.25, -0.2) is 0 Å². The highest BCUT2D eigenvalue weighted by molar-refractivity contribution is 5.73. The molecule has 374 valence electrons. The van der Waals surface area contributed by atoms with Gasteiger partial charge < -0.3 is 119 Å². The van der Waals surface area contributed by atoms with Crippen molar-refractivity contribution in [2.24, 2.45) is 5.11 Å². The predicted molar refractivity (Wildman–Crippen MR) is 205 cm³/mol. The first-order valence-corrected chi connectivity index (χ1v) is 20.8. The van der Waals surface area contributed by atoms with E-state index in [2.05, 4.69) is 20.7 Å².